The summed E-state index contributed by atoms with van der Waals surface area (Å²) in [6.45, 7) is -1.74. The van der Waals surface area contributed by atoms with Gasteiger partial charge in [-0.05, 0) is 0 Å². The summed E-state index contributed by atoms with van der Waals surface area (Å²) in [4.78, 5) is 34.1. The molecular formula is C15H20N5NaO13P2. The number of phosphoric acid groups is 2. The van der Waals surface area contributed by atoms with Gasteiger partial charge < -0.3 is 49.5 Å². The number of nitrogens with zero attached hydrogens (tertiary/aromatic N) is 4. The zero-order valence-electron chi connectivity index (χ0n) is 18.4. The molecule has 2 saturated heterocycles. The Morgan fingerprint density at radius 3 is 2.39 bits per heavy atom. The normalized spacial score (nSPS) is 43.5. The Morgan fingerprint density at radius 2 is 1.64 bits per heavy atom. The Hall–Kier alpha value is -0.630. The molecule has 0 aromatic carbocycles. The second-order valence-electron chi connectivity index (χ2n) is 7.90. The van der Waals surface area contributed by atoms with Gasteiger partial charge in [0.15, 0.2) is 29.4 Å². The summed E-state index contributed by atoms with van der Waals surface area (Å²) in [7, 11) is -10.8. The minimum atomic E-state index is -5.49. The molecule has 0 saturated carbocycles. The molecule has 2 aromatic heterocycles. The molecular weight excluding hydrogens is 543 g/mol. The van der Waals surface area contributed by atoms with Crippen molar-refractivity contribution in [3.63, 3.8) is 0 Å². The average Bonchev–Trinajstić information content (AvgIpc) is 3.41. The number of ether oxygens (including phenoxy) is 2. The first kappa shape index (κ1) is 28.4. The van der Waals surface area contributed by atoms with E-state index in [0.717, 1.165) is 6.33 Å². The van der Waals surface area contributed by atoms with E-state index >= 15 is 0 Å². The van der Waals surface area contributed by atoms with Crippen molar-refractivity contribution in [2.75, 3.05) is 18.5 Å². The molecule has 5 rings (SSSR count). The molecule has 5 heterocycles. The molecule has 18 nitrogen and oxygen atoms in total. The Morgan fingerprint density at radius 1 is 0.972 bits per heavy atom. The van der Waals surface area contributed by atoms with E-state index in [4.69, 9.17) is 9.47 Å². The summed E-state index contributed by atoms with van der Waals surface area (Å²) in [5.74, 6) is 0.0593. The Bertz CT molecular complexity index is 1210. The largest absolute Gasteiger partial charge is 1.00 e. The molecule has 3 aliphatic rings. The van der Waals surface area contributed by atoms with Gasteiger partial charge in [-0.1, -0.05) is 0 Å². The topological polar surface area (TPSA) is 260 Å². The summed E-state index contributed by atoms with van der Waals surface area (Å²) in [6.07, 6.45) is -9.39. The monoisotopic (exact) mass is 563 g/mol. The predicted octanol–water partition coefficient (Wildman–Crippen LogP) is -6.06. The molecule has 0 amide bonds. The maximum Gasteiger partial charge on any atom is 1.00 e. The van der Waals surface area contributed by atoms with Crippen LogP contribution >= 0.6 is 15.6 Å². The van der Waals surface area contributed by atoms with Crippen LogP contribution in [0.25, 0.3) is 11.2 Å². The molecule has 0 radical (unpaired) electrons. The molecule has 3 aliphatic heterocycles. The summed E-state index contributed by atoms with van der Waals surface area (Å²) in [5, 5.41) is 44.1. The maximum absolute atomic E-state index is 12.1. The van der Waals surface area contributed by atoms with Gasteiger partial charge in [-0.15, -0.1) is 0 Å². The number of hydrogen-bond donors (Lipinski definition) is 6. The molecule has 8 bridgehead atoms. The molecule has 6 N–H and O–H groups in total. The summed E-state index contributed by atoms with van der Waals surface area (Å²) in [6, 6.07) is 0. The number of rotatable bonds is 0. The van der Waals surface area contributed by atoms with Crippen LogP contribution < -0.4 is 39.8 Å². The first-order valence-electron chi connectivity index (χ1n) is 10.1. The summed E-state index contributed by atoms with van der Waals surface area (Å²) < 4.78 is 49.6. The molecule has 194 valence electrons. The van der Waals surface area contributed by atoms with Crippen LogP contribution in [0.4, 0.5) is 5.82 Å². The average molecular weight is 563 g/mol. The molecule has 2 fully saturated rings. The molecule has 0 aliphatic carbocycles. The van der Waals surface area contributed by atoms with Gasteiger partial charge in [0.1, 0.15) is 43.0 Å². The van der Waals surface area contributed by atoms with Gasteiger partial charge in [0.2, 0.25) is 0 Å². The SMILES string of the molecule is O=P1([O-])OC[C@H]2O[C@H]([C@H](O)[C@@H]2O)n2cnc3c(ncnc32)N[C@@H]2O[C@H](COP(=O)(O)O1)[C@@H](O)[C@H]2O.[Na+]. The second-order valence-corrected chi connectivity index (χ2v) is 10.9. The van der Waals surface area contributed by atoms with Crippen LogP contribution in [0.1, 0.15) is 6.23 Å². The summed E-state index contributed by atoms with van der Waals surface area (Å²) in [5.41, 5.74) is 0.273. The second kappa shape index (κ2) is 10.5. The Labute approximate surface area is 223 Å². The van der Waals surface area contributed by atoms with E-state index < -0.39 is 77.9 Å². The Balaban J connectivity index is 0.00000304. The number of aliphatic hydroxyl groups excluding tert-OH is 4. The van der Waals surface area contributed by atoms with Crippen LogP contribution in [0.5, 0.6) is 0 Å². The summed E-state index contributed by atoms with van der Waals surface area (Å²) >= 11 is 0. The number of nitrogens with one attached hydrogen (secondary N) is 1. The van der Waals surface area contributed by atoms with Gasteiger partial charge in [-0.2, -0.15) is 0 Å². The fourth-order valence-corrected chi connectivity index (χ4v) is 5.94. The first-order chi connectivity index (χ1) is 16.5. The molecule has 10 atom stereocenters. The van der Waals surface area contributed by atoms with Gasteiger partial charge in [0.25, 0.3) is 7.82 Å². The van der Waals surface area contributed by atoms with E-state index in [1.165, 1.54) is 10.9 Å². The van der Waals surface area contributed by atoms with Crippen LogP contribution in [-0.4, -0.2) is 101 Å². The minimum Gasteiger partial charge on any atom is -0.756 e. The van der Waals surface area contributed by atoms with Crippen molar-refractivity contribution in [2.24, 2.45) is 0 Å². The number of aliphatic hydroxyl groups is 4. The quantitative estimate of drug-likeness (QED) is 0.129. The van der Waals surface area contributed by atoms with Crippen LogP contribution in [0.15, 0.2) is 12.7 Å². The zero-order valence-corrected chi connectivity index (χ0v) is 22.2. The van der Waals surface area contributed by atoms with Crippen LogP contribution in [0, 0.1) is 0 Å². The van der Waals surface area contributed by atoms with Crippen LogP contribution in [-0.2, 0) is 32.0 Å². The standard InChI is InChI=1S/C15H21N5O13P2.Na/c21-8-5-1-29-34(25,26)33-35(27,28)30-2-6-9(22)11(24)15(32-6)20-4-18-7-12(16-3-17-13(7)20)19-14(31-5)10(8)23;/h3-6,8-11,14-15,21-24H,1-2H2,(H,25,26)(H,27,28)(H,16,17,19);/q;+1/p-1/t5-,6-,8-,9-,10-,11-,14-,15-;/m1./s1. The minimum absolute atomic E-state index is 0. The number of aromatic nitrogens is 4. The van der Waals surface area contributed by atoms with E-state index in [-0.39, 0.29) is 46.5 Å². The van der Waals surface area contributed by atoms with Crippen molar-refractivity contribution < 1.29 is 91.7 Å². The molecule has 0 spiro atoms. The molecule has 2 aromatic rings. The molecule has 21 heteroatoms. The Kier molecular flexibility index (Phi) is 8.28. The smallest absolute Gasteiger partial charge is 0.756 e. The van der Waals surface area contributed by atoms with E-state index in [9.17, 15) is 39.3 Å². The van der Waals surface area contributed by atoms with Crippen molar-refractivity contribution in [3.8, 4) is 0 Å². The molecule has 2 unspecified atom stereocenters. The van der Waals surface area contributed by atoms with Crippen molar-refractivity contribution >= 4 is 32.6 Å². The number of phosphoric ester groups is 2. The van der Waals surface area contributed by atoms with E-state index in [0.29, 0.717) is 0 Å². The van der Waals surface area contributed by atoms with Gasteiger partial charge >= 0.3 is 37.4 Å². The van der Waals surface area contributed by atoms with Crippen molar-refractivity contribution in [2.45, 2.75) is 49.1 Å². The molecule has 36 heavy (non-hydrogen) atoms. The predicted molar refractivity (Wildman–Crippen MR) is 106 cm³/mol. The van der Waals surface area contributed by atoms with Crippen molar-refractivity contribution in [1.29, 1.82) is 0 Å². The number of anilines is 1. The van der Waals surface area contributed by atoms with Gasteiger partial charge in [0.05, 0.1) is 19.5 Å². The number of hydrogen-bond acceptors (Lipinski definition) is 16. The fourth-order valence-electron chi connectivity index (χ4n) is 3.89. The maximum atomic E-state index is 12.1. The number of imidazole rings is 1. The number of fused-ring (bicyclic) bond motifs is 5. The van der Waals surface area contributed by atoms with Crippen LogP contribution in [0.2, 0.25) is 0 Å². The van der Waals surface area contributed by atoms with Gasteiger partial charge in [-0.25, -0.2) is 23.8 Å². The van der Waals surface area contributed by atoms with Crippen molar-refractivity contribution in [3.05, 3.63) is 12.7 Å². The third-order valence-electron chi connectivity index (χ3n) is 5.61. The van der Waals surface area contributed by atoms with E-state index in [1.807, 2.05) is 0 Å². The first-order valence-corrected chi connectivity index (χ1v) is 13.0. The van der Waals surface area contributed by atoms with Gasteiger partial charge in [0, 0.05) is 0 Å². The van der Waals surface area contributed by atoms with Gasteiger partial charge in [-0.3, -0.25) is 13.7 Å². The van der Waals surface area contributed by atoms with Crippen LogP contribution in [0.3, 0.4) is 0 Å². The van der Waals surface area contributed by atoms with E-state index in [1.54, 1.807) is 0 Å². The third-order valence-corrected chi connectivity index (χ3v) is 8.18. The fraction of sp³-hybridized carbons (Fsp3) is 0.667. The van der Waals surface area contributed by atoms with Crippen molar-refractivity contribution in [1.82, 2.24) is 19.5 Å². The van der Waals surface area contributed by atoms with E-state index in [2.05, 4.69) is 33.6 Å². The third kappa shape index (κ3) is 5.41. The zero-order chi connectivity index (χ0) is 25.1.